The van der Waals surface area contributed by atoms with Crippen molar-refractivity contribution in [1.29, 1.82) is 0 Å². The van der Waals surface area contributed by atoms with Gasteiger partial charge in [-0.25, -0.2) is 0 Å². The minimum Gasteiger partial charge on any atom is -0.494 e. The van der Waals surface area contributed by atoms with Gasteiger partial charge in [0.25, 0.3) is 0 Å². The second-order valence-electron chi connectivity index (χ2n) is 6.58. The summed E-state index contributed by atoms with van der Waals surface area (Å²) in [6, 6.07) is 17.0. The largest absolute Gasteiger partial charge is 0.494 e. The van der Waals surface area contributed by atoms with Crippen molar-refractivity contribution in [3.8, 4) is 39.9 Å². The molecule has 0 saturated carbocycles. The molecule has 4 aromatic rings. The number of ether oxygens (including phenoxy) is 3. The van der Waals surface area contributed by atoms with Crippen LogP contribution in [0.15, 0.2) is 64.1 Å². The Morgan fingerprint density at radius 2 is 1.66 bits per heavy atom. The average Bonchev–Trinajstić information content (AvgIpc) is 3.32. The molecule has 2 aromatic carbocycles. The molecule has 0 fully saturated rings. The van der Waals surface area contributed by atoms with Crippen molar-refractivity contribution in [2.24, 2.45) is 0 Å². The summed E-state index contributed by atoms with van der Waals surface area (Å²) >= 11 is 1.47. The predicted octanol–water partition coefficient (Wildman–Crippen LogP) is 4.90. The highest BCUT2D eigenvalue weighted by molar-refractivity contribution is 7.98. The maximum absolute atomic E-state index is 5.46. The summed E-state index contributed by atoms with van der Waals surface area (Å²) in [4.78, 5) is 4.46. The van der Waals surface area contributed by atoms with E-state index < -0.39 is 0 Å². The van der Waals surface area contributed by atoms with Gasteiger partial charge in [-0.3, -0.25) is 0 Å². The summed E-state index contributed by atoms with van der Waals surface area (Å²) in [5, 5.41) is 13.4. The quantitative estimate of drug-likeness (QED) is 0.330. The van der Waals surface area contributed by atoms with Gasteiger partial charge in [-0.05, 0) is 61.5 Å². The van der Waals surface area contributed by atoms with Crippen LogP contribution in [0.1, 0.15) is 12.8 Å². The zero-order valence-corrected chi connectivity index (χ0v) is 18.8. The third-order valence-corrected chi connectivity index (χ3v) is 5.46. The van der Waals surface area contributed by atoms with E-state index >= 15 is 0 Å². The number of rotatable bonds is 9. The number of hydrogen-bond acceptors (Lipinski definition) is 9. The van der Waals surface area contributed by atoms with E-state index in [1.807, 2.05) is 61.5 Å². The van der Waals surface area contributed by atoms with E-state index in [0.29, 0.717) is 35.6 Å². The second kappa shape index (κ2) is 10.1. The first-order chi connectivity index (χ1) is 15.7. The normalized spacial score (nSPS) is 10.7. The Hall–Kier alpha value is -3.59. The van der Waals surface area contributed by atoms with Gasteiger partial charge in [-0.1, -0.05) is 16.9 Å². The average molecular weight is 451 g/mol. The molecular weight excluding hydrogens is 428 g/mol. The van der Waals surface area contributed by atoms with E-state index in [0.717, 1.165) is 27.6 Å². The molecule has 0 bridgehead atoms. The van der Waals surface area contributed by atoms with Gasteiger partial charge in [0.05, 0.1) is 32.3 Å². The van der Waals surface area contributed by atoms with Crippen molar-refractivity contribution in [2.45, 2.75) is 17.7 Å². The van der Waals surface area contributed by atoms with E-state index in [1.165, 1.54) is 11.8 Å². The minimum atomic E-state index is 0.494. The van der Waals surface area contributed by atoms with Gasteiger partial charge in [0.2, 0.25) is 11.7 Å². The van der Waals surface area contributed by atoms with E-state index in [4.69, 9.17) is 18.7 Å². The molecule has 0 N–H and O–H groups in total. The van der Waals surface area contributed by atoms with Crippen LogP contribution < -0.4 is 14.2 Å². The molecule has 0 spiro atoms. The van der Waals surface area contributed by atoms with Crippen LogP contribution in [-0.4, -0.2) is 41.2 Å². The highest BCUT2D eigenvalue weighted by atomic mass is 32.2. The molecule has 2 heterocycles. The lowest BCUT2D eigenvalue weighted by Gasteiger charge is -2.09. The molecule has 32 heavy (non-hydrogen) atoms. The highest BCUT2D eigenvalue weighted by Gasteiger charge is 2.11. The maximum atomic E-state index is 5.46. The lowest BCUT2D eigenvalue weighted by molar-refractivity contribution is 0.340. The number of methoxy groups -OCH3 is 2. The van der Waals surface area contributed by atoms with Crippen LogP contribution in [0.5, 0.6) is 17.2 Å². The Kier molecular flexibility index (Phi) is 6.86. The predicted molar refractivity (Wildman–Crippen MR) is 121 cm³/mol. The van der Waals surface area contributed by atoms with Gasteiger partial charge in [0, 0.05) is 11.1 Å². The van der Waals surface area contributed by atoms with Crippen LogP contribution in [0.3, 0.4) is 0 Å². The Bertz CT molecular complexity index is 1160. The first-order valence-electron chi connectivity index (χ1n) is 9.95. The summed E-state index contributed by atoms with van der Waals surface area (Å²) < 4.78 is 21.5. The van der Waals surface area contributed by atoms with Gasteiger partial charge in [0.15, 0.2) is 11.5 Å². The first kappa shape index (κ1) is 21.6. The topological polar surface area (TPSA) is 92.4 Å². The summed E-state index contributed by atoms with van der Waals surface area (Å²) in [6.45, 7) is 2.58. The molecule has 0 saturated heterocycles. The molecule has 0 aliphatic rings. The van der Waals surface area contributed by atoms with Crippen LogP contribution >= 0.6 is 11.8 Å². The SMILES string of the molecule is CCOc1ccc(-c2noc(CSc3ccc(-c4ccc(OC)c(OC)c4)nn3)n2)cc1. The molecule has 0 aliphatic carbocycles. The lowest BCUT2D eigenvalue weighted by atomic mass is 10.1. The Balaban J connectivity index is 1.39. The fourth-order valence-corrected chi connectivity index (χ4v) is 3.63. The van der Waals surface area contributed by atoms with Crippen molar-refractivity contribution in [3.63, 3.8) is 0 Å². The first-order valence-corrected chi connectivity index (χ1v) is 10.9. The molecule has 0 radical (unpaired) electrons. The van der Waals surface area contributed by atoms with Crippen molar-refractivity contribution in [1.82, 2.24) is 20.3 Å². The van der Waals surface area contributed by atoms with Crippen molar-refractivity contribution < 1.29 is 18.7 Å². The summed E-state index contributed by atoms with van der Waals surface area (Å²) in [5.74, 6) is 3.67. The van der Waals surface area contributed by atoms with Gasteiger partial charge in [0.1, 0.15) is 10.8 Å². The third kappa shape index (κ3) is 5.00. The second-order valence-corrected chi connectivity index (χ2v) is 7.58. The lowest BCUT2D eigenvalue weighted by Crippen LogP contribution is -1.93. The van der Waals surface area contributed by atoms with Crippen LogP contribution in [-0.2, 0) is 5.75 Å². The Morgan fingerprint density at radius 3 is 2.34 bits per heavy atom. The van der Waals surface area contributed by atoms with Crippen molar-refractivity contribution in [3.05, 3.63) is 60.5 Å². The van der Waals surface area contributed by atoms with Crippen LogP contribution in [0.4, 0.5) is 0 Å². The number of hydrogen-bond donors (Lipinski definition) is 0. The molecular formula is C23H22N4O4S. The van der Waals surface area contributed by atoms with Gasteiger partial charge in [-0.2, -0.15) is 4.98 Å². The molecule has 0 amide bonds. The van der Waals surface area contributed by atoms with Crippen molar-refractivity contribution >= 4 is 11.8 Å². The molecule has 0 atom stereocenters. The smallest absolute Gasteiger partial charge is 0.237 e. The molecule has 4 rings (SSSR count). The number of aromatic nitrogens is 4. The Morgan fingerprint density at radius 1 is 0.875 bits per heavy atom. The maximum Gasteiger partial charge on any atom is 0.237 e. The van der Waals surface area contributed by atoms with E-state index in [-0.39, 0.29) is 0 Å². The van der Waals surface area contributed by atoms with Crippen LogP contribution in [0, 0.1) is 0 Å². The van der Waals surface area contributed by atoms with Crippen molar-refractivity contribution in [2.75, 3.05) is 20.8 Å². The summed E-state index contributed by atoms with van der Waals surface area (Å²) in [7, 11) is 3.21. The van der Waals surface area contributed by atoms with Gasteiger partial charge >= 0.3 is 0 Å². The minimum absolute atomic E-state index is 0.494. The standard InChI is InChI=1S/C23H22N4O4S/c1-4-30-17-8-5-15(6-9-17)23-24-21(31-27-23)14-32-22-12-10-18(25-26-22)16-7-11-19(28-2)20(13-16)29-3/h5-13H,4,14H2,1-3H3. The molecule has 8 nitrogen and oxygen atoms in total. The monoisotopic (exact) mass is 450 g/mol. The number of thioether (sulfide) groups is 1. The fourth-order valence-electron chi connectivity index (χ4n) is 2.98. The van der Waals surface area contributed by atoms with E-state index in [2.05, 4.69) is 20.3 Å². The number of benzene rings is 2. The van der Waals surface area contributed by atoms with Crippen LogP contribution in [0.2, 0.25) is 0 Å². The molecule has 164 valence electrons. The zero-order valence-electron chi connectivity index (χ0n) is 17.9. The van der Waals surface area contributed by atoms with Gasteiger partial charge in [-0.15, -0.1) is 10.2 Å². The number of nitrogens with zero attached hydrogens (tertiary/aromatic N) is 4. The molecule has 0 aliphatic heterocycles. The zero-order chi connectivity index (χ0) is 22.3. The highest BCUT2D eigenvalue weighted by Crippen LogP contribution is 2.32. The molecule has 9 heteroatoms. The van der Waals surface area contributed by atoms with Gasteiger partial charge < -0.3 is 18.7 Å². The van der Waals surface area contributed by atoms with E-state index in [9.17, 15) is 0 Å². The fraction of sp³-hybridized carbons (Fsp3) is 0.217. The summed E-state index contributed by atoms with van der Waals surface area (Å²) in [6.07, 6.45) is 0. The third-order valence-electron chi connectivity index (χ3n) is 4.55. The van der Waals surface area contributed by atoms with Crippen LogP contribution in [0.25, 0.3) is 22.6 Å². The van der Waals surface area contributed by atoms with E-state index in [1.54, 1.807) is 14.2 Å². The Labute approximate surface area is 189 Å². The molecule has 2 aromatic heterocycles. The molecule has 0 unspecified atom stereocenters. The summed E-state index contributed by atoms with van der Waals surface area (Å²) in [5.41, 5.74) is 2.50.